The molecule has 86 valence electrons. The number of rotatable bonds is 1. The molecule has 4 nitrogen and oxygen atoms in total. The third-order valence-corrected chi connectivity index (χ3v) is 3.59. The molecule has 1 aromatic heterocycles. The number of nitrogens with zero attached hydrogens (tertiary/aromatic N) is 2. The molecule has 0 bridgehead atoms. The Labute approximate surface area is 99.2 Å². The Balaban J connectivity index is 2.11. The smallest absolute Gasteiger partial charge is 0.254 e. The molecule has 0 aliphatic carbocycles. The summed E-state index contributed by atoms with van der Waals surface area (Å²) in [6.07, 6.45) is 2.64. The van der Waals surface area contributed by atoms with Gasteiger partial charge in [0.2, 0.25) is 0 Å². The van der Waals surface area contributed by atoms with Gasteiger partial charge in [-0.05, 0) is 24.3 Å². The van der Waals surface area contributed by atoms with Crippen molar-refractivity contribution in [3.63, 3.8) is 0 Å². The summed E-state index contributed by atoms with van der Waals surface area (Å²) in [5, 5.41) is 0. The summed E-state index contributed by atoms with van der Waals surface area (Å²) >= 11 is 1.90. The summed E-state index contributed by atoms with van der Waals surface area (Å²) in [6.45, 7) is 1.67. The topological polar surface area (TPSA) is 59.2 Å². The molecule has 5 heteroatoms. The Kier molecular flexibility index (Phi) is 3.66. The van der Waals surface area contributed by atoms with E-state index in [1.807, 2.05) is 16.7 Å². The fourth-order valence-corrected chi connectivity index (χ4v) is 2.60. The summed E-state index contributed by atoms with van der Waals surface area (Å²) < 4.78 is 0. The number of hydrogen-bond donors (Lipinski definition) is 1. The summed E-state index contributed by atoms with van der Waals surface area (Å²) in [5.74, 6) is 2.63. The molecule has 0 saturated carbocycles. The van der Waals surface area contributed by atoms with Gasteiger partial charge in [0.05, 0.1) is 0 Å². The number of pyridine rings is 1. The summed E-state index contributed by atoms with van der Waals surface area (Å²) in [7, 11) is 0. The fourth-order valence-electron chi connectivity index (χ4n) is 1.71. The van der Waals surface area contributed by atoms with Gasteiger partial charge in [0, 0.05) is 30.6 Å². The Hall–Kier alpha value is -1.23. The highest BCUT2D eigenvalue weighted by molar-refractivity contribution is 7.99. The molecule has 1 aliphatic rings. The molecular weight excluding hydrogens is 222 g/mol. The van der Waals surface area contributed by atoms with Crippen LogP contribution in [-0.2, 0) is 0 Å². The van der Waals surface area contributed by atoms with Gasteiger partial charge >= 0.3 is 0 Å². The second-order valence-electron chi connectivity index (χ2n) is 3.73. The van der Waals surface area contributed by atoms with Gasteiger partial charge in [0.15, 0.2) is 0 Å². The predicted octanol–water partition coefficient (Wildman–Crippen LogP) is 1.24. The van der Waals surface area contributed by atoms with Gasteiger partial charge in [-0.15, -0.1) is 0 Å². The number of carbonyl (C=O) groups excluding carboxylic acids is 1. The number of thioether (sulfide) groups is 1. The van der Waals surface area contributed by atoms with E-state index in [1.165, 1.54) is 0 Å². The predicted molar refractivity (Wildman–Crippen MR) is 66.5 cm³/mol. The van der Waals surface area contributed by atoms with Crippen LogP contribution in [0.1, 0.15) is 16.8 Å². The fraction of sp³-hybridized carbons (Fsp3) is 0.455. The Morgan fingerprint density at radius 1 is 1.44 bits per heavy atom. The van der Waals surface area contributed by atoms with Crippen LogP contribution in [0.5, 0.6) is 0 Å². The van der Waals surface area contributed by atoms with E-state index < -0.39 is 0 Å². The van der Waals surface area contributed by atoms with Crippen molar-refractivity contribution in [1.29, 1.82) is 0 Å². The average Bonchev–Trinajstić information content (AvgIpc) is 2.56. The van der Waals surface area contributed by atoms with Crippen LogP contribution < -0.4 is 5.73 Å². The van der Waals surface area contributed by atoms with Crippen molar-refractivity contribution in [2.24, 2.45) is 0 Å². The van der Waals surface area contributed by atoms with E-state index in [2.05, 4.69) is 4.98 Å². The first kappa shape index (κ1) is 11.3. The maximum absolute atomic E-state index is 12.1. The molecule has 2 heterocycles. The van der Waals surface area contributed by atoms with E-state index >= 15 is 0 Å². The van der Waals surface area contributed by atoms with Crippen LogP contribution in [0.15, 0.2) is 18.3 Å². The summed E-state index contributed by atoms with van der Waals surface area (Å²) in [4.78, 5) is 17.9. The van der Waals surface area contributed by atoms with Crippen molar-refractivity contribution in [3.8, 4) is 0 Å². The van der Waals surface area contributed by atoms with Gasteiger partial charge in [-0.25, -0.2) is 4.98 Å². The first-order chi connectivity index (χ1) is 7.77. The third-order valence-electron chi connectivity index (χ3n) is 2.54. The number of aromatic nitrogens is 1. The zero-order valence-corrected chi connectivity index (χ0v) is 9.87. The van der Waals surface area contributed by atoms with Crippen LogP contribution in [-0.4, -0.2) is 40.4 Å². The maximum atomic E-state index is 12.1. The van der Waals surface area contributed by atoms with Crippen LogP contribution in [0.2, 0.25) is 0 Å². The molecule has 0 aromatic carbocycles. The molecule has 2 N–H and O–H groups in total. The Morgan fingerprint density at radius 3 is 3.12 bits per heavy atom. The molecule has 1 aliphatic heterocycles. The minimum Gasteiger partial charge on any atom is -0.384 e. The van der Waals surface area contributed by atoms with Crippen molar-refractivity contribution < 1.29 is 4.79 Å². The van der Waals surface area contributed by atoms with E-state index in [0.717, 1.165) is 31.0 Å². The van der Waals surface area contributed by atoms with E-state index in [4.69, 9.17) is 5.73 Å². The Bertz CT molecular complexity index is 375. The van der Waals surface area contributed by atoms with Crippen LogP contribution >= 0.6 is 11.8 Å². The van der Waals surface area contributed by atoms with E-state index in [9.17, 15) is 4.79 Å². The highest BCUT2D eigenvalue weighted by Crippen LogP contribution is 2.13. The molecule has 2 rings (SSSR count). The minimum absolute atomic E-state index is 0.0663. The first-order valence-corrected chi connectivity index (χ1v) is 6.51. The van der Waals surface area contributed by atoms with Crippen LogP contribution in [0.4, 0.5) is 5.82 Å². The Morgan fingerprint density at radius 2 is 2.31 bits per heavy atom. The zero-order valence-electron chi connectivity index (χ0n) is 9.06. The SMILES string of the molecule is Nc1cc(C(=O)N2CCCSCC2)ccn1. The number of nitrogens with two attached hydrogens (primary N) is 1. The highest BCUT2D eigenvalue weighted by Gasteiger charge is 2.17. The van der Waals surface area contributed by atoms with Crippen molar-refractivity contribution in [1.82, 2.24) is 9.88 Å². The van der Waals surface area contributed by atoms with Gasteiger partial charge in [0.25, 0.3) is 5.91 Å². The lowest BCUT2D eigenvalue weighted by atomic mass is 10.2. The number of nitrogen functional groups attached to an aromatic ring is 1. The van der Waals surface area contributed by atoms with Gasteiger partial charge in [-0.1, -0.05) is 0 Å². The van der Waals surface area contributed by atoms with E-state index in [1.54, 1.807) is 18.3 Å². The van der Waals surface area contributed by atoms with Crippen molar-refractivity contribution in [2.45, 2.75) is 6.42 Å². The summed E-state index contributed by atoms with van der Waals surface area (Å²) in [5.41, 5.74) is 6.21. The molecule has 16 heavy (non-hydrogen) atoms. The molecule has 0 atom stereocenters. The van der Waals surface area contributed by atoms with Gasteiger partial charge in [0.1, 0.15) is 5.82 Å². The highest BCUT2D eigenvalue weighted by atomic mass is 32.2. The quantitative estimate of drug-likeness (QED) is 0.798. The summed E-state index contributed by atoms with van der Waals surface area (Å²) in [6, 6.07) is 3.36. The number of hydrogen-bond acceptors (Lipinski definition) is 4. The molecular formula is C11H15N3OS. The molecule has 0 radical (unpaired) electrons. The van der Waals surface area contributed by atoms with Crippen LogP contribution in [0.3, 0.4) is 0 Å². The zero-order chi connectivity index (χ0) is 11.4. The molecule has 1 amide bonds. The number of amides is 1. The van der Waals surface area contributed by atoms with Gasteiger partial charge in [-0.3, -0.25) is 4.79 Å². The normalized spacial score (nSPS) is 16.9. The lowest BCUT2D eigenvalue weighted by molar-refractivity contribution is 0.0768. The van der Waals surface area contributed by atoms with Gasteiger partial charge < -0.3 is 10.6 Å². The molecule has 1 saturated heterocycles. The monoisotopic (exact) mass is 237 g/mol. The molecule has 1 fully saturated rings. The molecule has 0 unspecified atom stereocenters. The number of carbonyl (C=O) groups is 1. The maximum Gasteiger partial charge on any atom is 0.254 e. The molecule has 0 spiro atoms. The van der Waals surface area contributed by atoms with E-state index in [-0.39, 0.29) is 5.91 Å². The van der Waals surface area contributed by atoms with Crippen molar-refractivity contribution >= 4 is 23.5 Å². The second-order valence-corrected chi connectivity index (χ2v) is 4.95. The lowest BCUT2D eigenvalue weighted by Gasteiger charge is -2.19. The number of anilines is 1. The van der Waals surface area contributed by atoms with Gasteiger partial charge in [-0.2, -0.15) is 11.8 Å². The lowest BCUT2D eigenvalue weighted by Crippen LogP contribution is -2.32. The van der Waals surface area contributed by atoms with Crippen LogP contribution in [0.25, 0.3) is 0 Å². The van der Waals surface area contributed by atoms with Crippen LogP contribution in [0, 0.1) is 0 Å². The minimum atomic E-state index is 0.0663. The molecule has 1 aromatic rings. The van der Waals surface area contributed by atoms with Crippen molar-refractivity contribution in [2.75, 3.05) is 30.3 Å². The average molecular weight is 237 g/mol. The largest absolute Gasteiger partial charge is 0.384 e. The van der Waals surface area contributed by atoms with Crippen molar-refractivity contribution in [3.05, 3.63) is 23.9 Å². The first-order valence-electron chi connectivity index (χ1n) is 5.36. The van der Waals surface area contributed by atoms with E-state index in [0.29, 0.717) is 11.4 Å². The second kappa shape index (κ2) is 5.21. The standard InChI is InChI=1S/C11H15N3OS/c12-10-8-9(2-3-13-10)11(15)14-4-1-6-16-7-5-14/h2-3,8H,1,4-7H2,(H2,12,13). The third kappa shape index (κ3) is 2.66.